The molecule has 0 aliphatic rings. The van der Waals surface area contributed by atoms with Crippen LogP contribution in [0.2, 0.25) is 0 Å². The van der Waals surface area contributed by atoms with Crippen molar-refractivity contribution in [1.82, 2.24) is 10.2 Å². The van der Waals surface area contributed by atoms with Gasteiger partial charge in [0.25, 0.3) is 0 Å². The fourth-order valence-electron chi connectivity index (χ4n) is 1.75. The molecule has 3 nitrogen and oxygen atoms in total. The second-order valence-electron chi connectivity index (χ2n) is 5.08. The van der Waals surface area contributed by atoms with Crippen molar-refractivity contribution in [3.05, 3.63) is 35.4 Å². The molecular weight excluding hydrogens is 250 g/mol. The van der Waals surface area contributed by atoms with E-state index in [0.29, 0.717) is 0 Å². The van der Waals surface area contributed by atoms with Gasteiger partial charge in [-0.2, -0.15) is 0 Å². The maximum Gasteiger partial charge on any atom is 0.129 e. The lowest BCUT2D eigenvalue weighted by Gasteiger charge is -2.19. The number of halogens is 2. The summed E-state index contributed by atoms with van der Waals surface area (Å²) in [7, 11) is 3.98. The number of aliphatic hydroxyl groups is 1. The number of nitrogens with zero attached hydrogens (tertiary/aromatic N) is 1. The standard InChI is InChI=1S/C14H22F2N2O/c1-10(6-7-18(2)3)17-9-14(19)12-8-11(15)4-5-13(12)16/h4-5,8,10,14,17,19H,6-7,9H2,1-3H3. The van der Waals surface area contributed by atoms with Gasteiger partial charge in [-0.05, 0) is 52.2 Å². The van der Waals surface area contributed by atoms with Gasteiger partial charge in [-0.25, -0.2) is 8.78 Å². The van der Waals surface area contributed by atoms with Crippen molar-refractivity contribution in [2.75, 3.05) is 27.2 Å². The largest absolute Gasteiger partial charge is 0.387 e. The lowest BCUT2D eigenvalue weighted by Crippen LogP contribution is -2.33. The number of rotatable bonds is 7. The smallest absolute Gasteiger partial charge is 0.129 e. The van der Waals surface area contributed by atoms with Crippen LogP contribution in [0.1, 0.15) is 25.0 Å². The van der Waals surface area contributed by atoms with E-state index in [0.717, 1.165) is 31.2 Å². The van der Waals surface area contributed by atoms with Crippen LogP contribution < -0.4 is 5.32 Å². The zero-order valence-electron chi connectivity index (χ0n) is 11.7. The van der Waals surface area contributed by atoms with Crippen LogP contribution in [0.3, 0.4) is 0 Å². The number of aliphatic hydroxyl groups excluding tert-OH is 1. The minimum Gasteiger partial charge on any atom is -0.387 e. The van der Waals surface area contributed by atoms with Crippen molar-refractivity contribution < 1.29 is 13.9 Å². The predicted octanol–water partition coefficient (Wildman–Crippen LogP) is 1.93. The summed E-state index contributed by atoms with van der Waals surface area (Å²) in [5.74, 6) is -1.13. The van der Waals surface area contributed by atoms with Gasteiger partial charge >= 0.3 is 0 Å². The highest BCUT2D eigenvalue weighted by molar-refractivity contribution is 5.21. The number of benzene rings is 1. The molecule has 2 unspecified atom stereocenters. The SMILES string of the molecule is CC(CCN(C)C)NCC(O)c1cc(F)ccc1F. The van der Waals surface area contributed by atoms with Crippen molar-refractivity contribution >= 4 is 0 Å². The molecule has 0 saturated carbocycles. The third-order valence-corrected chi connectivity index (χ3v) is 2.99. The molecule has 0 fully saturated rings. The molecule has 0 aliphatic carbocycles. The molecule has 0 amide bonds. The van der Waals surface area contributed by atoms with Gasteiger partial charge in [-0.3, -0.25) is 0 Å². The van der Waals surface area contributed by atoms with E-state index in [2.05, 4.69) is 10.2 Å². The Hall–Kier alpha value is -1.04. The van der Waals surface area contributed by atoms with E-state index in [1.807, 2.05) is 21.0 Å². The highest BCUT2D eigenvalue weighted by Crippen LogP contribution is 2.17. The van der Waals surface area contributed by atoms with Crippen LogP contribution in [-0.2, 0) is 0 Å². The first-order valence-electron chi connectivity index (χ1n) is 6.41. The van der Waals surface area contributed by atoms with E-state index in [9.17, 15) is 13.9 Å². The van der Waals surface area contributed by atoms with Crippen molar-refractivity contribution in [1.29, 1.82) is 0 Å². The van der Waals surface area contributed by atoms with Crippen molar-refractivity contribution in [2.45, 2.75) is 25.5 Å². The summed E-state index contributed by atoms with van der Waals surface area (Å²) in [5.41, 5.74) is -0.00712. The Morgan fingerprint density at radius 2 is 2.00 bits per heavy atom. The van der Waals surface area contributed by atoms with Crippen molar-refractivity contribution in [3.8, 4) is 0 Å². The highest BCUT2D eigenvalue weighted by Gasteiger charge is 2.14. The molecule has 1 aromatic rings. The minimum atomic E-state index is -1.04. The van der Waals surface area contributed by atoms with E-state index in [4.69, 9.17) is 0 Å². The molecule has 19 heavy (non-hydrogen) atoms. The summed E-state index contributed by atoms with van der Waals surface area (Å²) in [6, 6.07) is 3.31. The number of hydrogen-bond acceptors (Lipinski definition) is 3. The van der Waals surface area contributed by atoms with Gasteiger partial charge in [-0.1, -0.05) is 0 Å². The van der Waals surface area contributed by atoms with Crippen LogP contribution in [-0.4, -0.2) is 43.2 Å². The maximum atomic E-state index is 13.4. The number of hydrogen-bond donors (Lipinski definition) is 2. The molecular formula is C14H22F2N2O. The molecule has 0 heterocycles. The van der Waals surface area contributed by atoms with E-state index >= 15 is 0 Å². The van der Waals surface area contributed by atoms with Crippen molar-refractivity contribution in [2.24, 2.45) is 0 Å². The van der Waals surface area contributed by atoms with Gasteiger partial charge in [0.05, 0.1) is 6.10 Å². The third-order valence-electron chi connectivity index (χ3n) is 2.99. The molecule has 0 aliphatic heterocycles. The Morgan fingerprint density at radius 1 is 1.32 bits per heavy atom. The molecule has 1 aromatic carbocycles. The van der Waals surface area contributed by atoms with Gasteiger partial charge < -0.3 is 15.3 Å². The molecule has 1 rings (SSSR count). The van der Waals surface area contributed by atoms with E-state index in [1.54, 1.807) is 0 Å². The average molecular weight is 272 g/mol. The maximum absolute atomic E-state index is 13.4. The van der Waals surface area contributed by atoms with E-state index in [1.165, 1.54) is 0 Å². The molecule has 2 atom stereocenters. The van der Waals surface area contributed by atoms with Crippen LogP contribution in [0, 0.1) is 11.6 Å². The summed E-state index contributed by atoms with van der Waals surface area (Å²) in [5, 5.41) is 13.0. The van der Waals surface area contributed by atoms with Crippen LogP contribution in [0.25, 0.3) is 0 Å². The zero-order chi connectivity index (χ0) is 14.4. The van der Waals surface area contributed by atoms with E-state index in [-0.39, 0.29) is 18.2 Å². The predicted molar refractivity (Wildman–Crippen MR) is 72.0 cm³/mol. The lowest BCUT2D eigenvalue weighted by molar-refractivity contribution is 0.164. The van der Waals surface area contributed by atoms with Gasteiger partial charge in [0.2, 0.25) is 0 Å². The van der Waals surface area contributed by atoms with Crippen LogP contribution in [0.4, 0.5) is 8.78 Å². The Kier molecular flexibility index (Phi) is 6.34. The second kappa shape index (κ2) is 7.53. The highest BCUT2D eigenvalue weighted by atomic mass is 19.1. The Balaban J connectivity index is 2.46. The topological polar surface area (TPSA) is 35.5 Å². The van der Waals surface area contributed by atoms with Gasteiger partial charge in [-0.15, -0.1) is 0 Å². The first-order valence-corrected chi connectivity index (χ1v) is 6.41. The molecule has 0 radical (unpaired) electrons. The molecule has 108 valence electrons. The Morgan fingerprint density at radius 3 is 2.63 bits per heavy atom. The monoisotopic (exact) mass is 272 g/mol. The van der Waals surface area contributed by atoms with Gasteiger partial charge in [0, 0.05) is 18.2 Å². The van der Waals surface area contributed by atoms with Gasteiger partial charge in [0.1, 0.15) is 11.6 Å². The third kappa shape index (κ3) is 5.63. The van der Waals surface area contributed by atoms with Crippen LogP contribution >= 0.6 is 0 Å². The molecule has 2 N–H and O–H groups in total. The zero-order valence-corrected chi connectivity index (χ0v) is 11.7. The molecule has 0 saturated heterocycles. The van der Waals surface area contributed by atoms with Crippen molar-refractivity contribution in [3.63, 3.8) is 0 Å². The molecule has 5 heteroatoms. The van der Waals surface area contributed by atoms with Crippen LogP contribution in [0.15, 0.2) is 18.2 Å². The summed E-state index contributed by atoms with van der Waals surface area (Å²) in [4.78, 5) is 2.07. The Labute approximate surface area is 113 Å². The first-order chi connectivity index (χ1) is 8.90. The molecule has 0 aromatic heterocycles. The Bertz CT molecular complexity index is 399. The minimum absolute atomic E-state index is 0.00712. The second-order valence-corrected chi connectivity index (χ2v) is 5.08. The lowest BCUT2D eigenvalue weighted by atomic mass is 10.1. The van der Waals surface area contributed by atoms with E-state index < -0.39 is 17.7 Å². The fourth-order valence-corrected chi connectivity index (χ4v) is 1.75. The fraction of sp³-hybridized carbons (Fsp3) is 0.571. The quantitative estimate of drug-likeness (QED) is 0.796. The summed E-state index contributed by atoms with van der Waals surface area (Å²) >= 11 is 0. The molecule has 0 bridgehead atoms. The summed E-state index contributed by atoms with van der Waals surface area (Å²) in [6.45, 7) is 3.13. The van der Waals surface area contributed by atoms with Crippen LogP contribution in [0.5, 0.6) is 0 Å². The number of nitrogens with one attached hydrogen (secondary N) is 1. The normalized spacial score (nSPS) is 14.7. The van der Waals surface area contributed by atoms with Gasteiger partial charge in [0.15, 0.2) is 0 Å². The first kappa shape index (κ1) is 16.0. The average Bonchev–Trinajstić information content (AvgIpc) is 2.36. The molecule has 0 spiro atoms. The summed E-state index contributed by atoms with van der Waals surface area (Å²) < 4.78 is 26.4. The summed E-state index contributed by atoms with van der Waals surface area (Å²) in [6.07, 6.45) is -0.122.